The number of nitrogens with one attached hydrogen (secondary N) is 3. The van der Waals surface area contributed by atoms with E-state index < -0.39 is 6.10 Å². The zero-order valence-electron chi connectivity index (χ0n) is 16.8. The zero-order chi connectivity index (χ0) is 21.6. The molecule has 0 aliphatic carbocycles. The number of thiocarbonyl (C=S) groups is 1. The SMILES string of the molecule is C[C@H](Oc1ccc(-c2ccccc2)cc1)C(=O)NNC(=S)Nc1ccc2c(c1)OCO2. The first kappa shape index (κ1) is 20.5. The Hall–Kier alpha value is -3.78. The van der Waals surface area contributed by atoms with Crippen LogP contribution < -0.4 is 30.4 Å². The van der Waals surface area contributed by atoms with Crippen molar-refractivity contribution in [1.29, 1.82) is 0 Å². The van der Waals surface area contributed by atoms with Gasteiger partial charge in [-0.15, -0.1) is 0 Å². The number of carbonyl (C=O) groups is 1. The van der Waals surface area contributed by atoms with Gasteiger partial charge in [0.25, 0.3) is 5.91 Å². The summed E-state index contributed by atoms with van der Waals surface area (Å²) in [7, 11) is 0. The maximum absolute atomic E-state index is 12.3. The molecule has 8 heteroatoms. The lowest BCUT2D eigenvalue weighted by atomic mass is 10.1. The highest BCUT2D eigenvalue weighted by atomic mass is 32.1. The topological polar surface area (TPSA) is 80.9 Å². The van der Waals surface area contributed by atoms with Gasteiger partial charge in [-0.25, -0.2) is 0 Å². The van der Waals surface area contributed by atoms with Crippen molar-refractivity contribution in [3.8, 4) is 28.4 Å². The Labute approximate surface area is 185 Å². The maximum Gasteiger partial charge on any atom is 0.279 e. The average Bonchev–Trinajstić information content (AvgIpc) is 3.26. The van der Waals surface area contributed by atoms with Crippen LogP contribution in [0, 0.1) is 0 Å². The molecule has 1 aliphatic heterocycles. The Morgan fingerprint density at radius 3 is 2.42 bits per heavy atom. The predicted octanol–water partition coefficient (Wildman–Crippen LogP) is 3.87. The molecule has 3 aromatic carbocycles. The van der Waals surface area contributed by atoms with Gasteiger partial charge in [-0.3, -0.25) is 15.6 Å². The Bertz CT molecular complexity index is 1070. The fraction of sp³-hybridized carbons (Fsp3) is 0.130. The molecule has 1 heterocycles. The zero-order valence-corrected chi connectivity index (χ0v) is 17.6. The number of benzene rings is 3. The van der Waals surface area contributed by atoms with Gasteiger partial charge in [0.1, 0.15) is 5.75 Å². The summed E-state index contributed by atoms with van der Waals surface area (Å²) in [6.45, 7) is 1.86. The molecule has 0 unspecified atom stereocenters. The molecule has 1 atom stereocenters. The lowest BCUT2D eigenvalue weighted by molar-refractivity contribution is -0.127. The first-order chi connectivity index (χ1) is 15.1. The van der Waals surface area contributed by atoms with Gasteiger partial charge in [0.2, 0.25) is 6.79 Å². The highest BCUT2D eigenvalue weighted by Gasteiger charge is 2.16. The van der Waals surface area contributed by atoms with E-state index in [-0.39, 0.29) is 17.8 Å². The standard InChI is InChI=1S/C23H21N3O4S/c1-15(30-19-10-7-17(8-11-19)16-5-3-2-4-6-16)22(27)25-26-23(31)24-18-9-12-20-21(13-18)29-14-28-20/h2-13,15H,14H2,1H3,(H,25,27)(H2,24,26,31)/t15-/m0/s1. The molecular weight excluding hydrogens is 414 g/mol. The Balaban J connectivity index is 1.25. The van der Waals surface area contributed by atoms with Gasteiger partial charge in [0.05, 0.1) is 0 Å². The van der Waals surface area contributed by atoms with Crippen molar-refractivity contribution < 1.29 is 19.0 Å². The molecule has 31 heavy (non-hydrogen) atoms. The van der Waals surface area contributed by atoms with Gasteiger partial charge in [-0.1, -0.05) is 42.5 Å². The monoisotopic (exact) mass is 435 g/mol. The van der Waals surface area contributed by atoms with Crippen molar-refractivity contribution in [3.05, 3.63) is 72.8 Å². The van der Waals surface area contributed by atoms with E-state index in [9.17, 15) is 4.79 Å². The molecule has 4 rings (SSSR count). The van der Waals surface area contributed by atoms with Gasteiger partial charge < -0.3 is 19.5 Å². The van der Waals surface area contributed by atoms with E-state index in [2.05, 4.69) is 16.2 Å². The molecule has 0 saturated carbocycles. The van der Waals surface area contributed by atoms with Crippen LogP contribution in [0.2, 0.25) is 0 Å². The Morgan fingerprint density at radius 2 is 1.65 bits per heavy atom. The van der Waals surface area contributed by atoms with Crippen molar-refractivity contribution in [3.63, 3.8) is 0 Å². The van der Waals surface area contributed by atoms with Crippen molar-refractivity contribution >= 4 is 28.9 Å². The van der Waals surface area contributed by atoms with E-state index in [1.807, 2.05) is 54.6 Å². The normalized spacial score (nSPS) is 12.5. The molecule has 3 N–H and O–H groups in total. The summed E-state index contributed by atoms with van der Waals surface area (Å²) in [4.78, 5) is 12.3. The minimum absolute atomic E-state index is 0.199. The largest absolute Gasteiger partial charge is 0.481 e. The van der Waals surface area contributed by atoms with Gasteiger partial charge in [0, 0.05) is 11.8 Å². The molecule has 0 aromatic heterocycles. The summed E-state index contributed by atoms with van der Waals surface area (Å²) < 4.78 is 16.3. The second-order valence-corrected chi connectivity index (χ2v) is 7.20. The molecule has 0 radical (unpaired) electrons. The van der Waals surface area contributed by atoms with Crippen LogP contribution in [-0.2, 0) is 4.79 Å². The fourth-order valence-electron chi connectivity index (χ4n) is 2.97. The van der Waals surface area contributed by atoms with Crippen LogP contribution in [0.1, 0.15) is 6.92 Å². The number of amides is 1. The molecule has 0 spiro atoms. The number of hydrazine groups is 1. The minimum atomic E-state index is -0.719. The number of carbonyl (C=O) groups excluding carboxylic acids is 1. The van der Waals surface area contributed by atoms with Crippen LogP contribution in [0.4, 0.5) is 5.69 Å². The maximum atomic E-state index is 12.3. The van der Waals surface area contributed by atoms with Gasteiger partial charge in [-0.05, 0) is 54.5 Å². The third-order valence-corrected chi connectivity index (χ3v) is 4.78. The smallest absolute Gasteiger partial charge is 0.279 e. The van der Waals surface area contributed by atoms with Gasteiger partial charge in [0.15, 0.2) is 22.7 Å². The van der Waals surface area contributed by atoms with Gasteiger partial charge >= 0.3 is 0 Å². The highest BCUT2D eigenvalue weighted by molar-refractivity contribution is 7.80. The Morgan fingerprint density at radius 1 is 0.935 bits per heavy atom. The summed E-state index contributed by atoms with van der Waals surface area (Å²) in [6, 6.07) is 23.0. The van der Waals surface area contributed by atoms with E-state index in [1.54, 1.807) is 25.1 Å². The van der Waals surface area contributed by atoms with E-state index in [0.29, 0.717) is 22.9 Å². The fourth-order valence-corrected chi connectivity index (χ4v) is 3.14. The van der Waals surface area contributed by atoms with E-state index in [1.165, 1.54) is 0 Å². The lowest BCUT2D eigenvalue weighted by Gasteiger charge is -2.17. The van der Waals surface area contributed by atoms with E-state index >= 15 is 0 Å². The highest BCUT2D eigenvalue weighted by Crippen LogP contribution is 2.34. The van der Waals surface area contributed by atoms with Crippen molar-refractivity contribution in [2.24, 2.45) is 0 Å². The van der Waals surface area contributed by atoms with Crippen molar-refractivity contribution in [2.45, 2.75) is 13.0 Å². The van der Waals surface area contributed by atoms with Crippen molar-refractivity contribution in [1.82, 2.24) is 10.9 Å². The van der Waals surface area contributed by atoms with E-state index in [4.69, 9.17) is 26.4 Å². The number of anilines is 1. The minimum Gasteiger partial charge on any atom is -0.481 e. The predicted molar refractivity (Wildman–Crippen MR) is 122 cm³/mol. The lowest BCUT2D eigenvalue weighted by Crippen LogP contribution is -2.48. The molecule has 158 valence electrons. The summed E-state index contributed by atoms with van der Waals surface area (Å²) in [5.74, 6) is 1.56. The molecule has 3 aromatic rings. The van der Waals surface area contributed by atoms with Crippen LogP contribution >= 0.6 is 12.2 Å². The summed E-state index contributed by atoms with van der Waals surface area (Å²) in [5, 5.41) is 3.19. The van der Waals surface area contributed by atoms with Crippen molar-refractivity contribution in [2.75, 3.05) is 12.1 Å². The third-order valence-electron chi connectivity index (χ3n) is 4.57. The summed E-state index contributed by atoms with van der Waals surface area (Å²) in [5.41, 5.74) is 8.10. The summed E-state index contributed by atoms with van der Waals surface area (Å²) in [6.07, 6.45) is -0.719. The summed E-state index contributed by atoms with van der Waals surface area (Å²) >= 11 is 5.21. The number of rotatable bonds is 5. The average molecular weight is 436 g/mol. The first-order valence-corrected chi connectivity index (χ1v) is 10.1. The molecular formula is C23H21N3O4S. The molecule has 1 aliphatic rings. The number of ether oxygens (including phenoxy) is 3. The second kappa shape index (κ2) is 9.36. The van der Waals surface area contributed by atoms with Crippen LogP contribution in [0.25, 0.3) is 11.1 Å². The number of fused-ring (bicyclic) bond motifs is 1. The number of hydrogen-bond acceptors (Lipinski definition) is 5. The molecule has 0 bridgehead atoms. The Kier molecular flexibility index (Phi) is 6.18. The quantitative estimate of drug-likeness (QED) is 0.415. The van der Waals surface area contributed by atoms with Crippen LogP contribution in [0.3, 0.4) is 0 Å². The molecule has 0 saturated heterocycles. The van der Waals surface area contributed by atoms with Gasteiger partial charge in [-0.2, -0.15) is 0 Å². The van der Waals surface area contributed by atoms with Crippen LogP contribution in [0.5, 0.6) is 17.2 Å². The van der Waals surface area contributed by atoms with Crippen LogP contribution in [-0.4, -0.2) is 23.9 Å². The van der Waals surface area contributed by atoms with Crippen LogP contribution in [0.15, 0.2) is 72.8 Å². The molecule has 0 fully saturated rings. The first-order valence-electron chi connectivity index (χ1n) is 9.67. The van der Waals surface area contributed by atoms with E-state index in [0.717, 1.165) is 11.1 Å². The third kappa shape index (κ3) is 5.23. The number of hydrogen-bond donors (Lipinski definition) is 3. The molecule has 1 amide bonds. The molecule has 7 nitrogen and oxygen atoms in total. The second-order valence-electron chi connectivity index (χ2n) is 6.79.